The Hall–Kier alpha value is -1.47. The molecule has 0 bridgehead atoms. The Balaban J connectivity index is 1.89. The van der Waals surface area contributed by atoms with Gasteiger partial charge in [-0.05, 0) is 53.6 Å². The fourth-order valence-corrected chi connectivity index (χ4v) is 4.45. The number of alkyl halides is 3. The van der Waals surface area contributed by atoms with E-state index in [1.54, 1.807) is 4.31 Å². The van der Waals surface area contributed by atoms with Gasteiger partial charge in [-0.2, -0.15) is 18.2 Å². The summed E-state index contributed by atoms with van der Waals surface area (Å²) in [5, 5.41) is -0.0113. The lowest BCUT2D eigenvalue weighted by molar-refractivity contribution is -0.137. The van der Waals surface area contributed by atoms with Gasteiger partial charge in [-0.15, -0.1) is 0 Å². The van der Waals surface area contributed by atoms with Crippen molar-refractivity contribution in [2.24, 2.45) is 0 Å². The van der Waals surface area contributed by atoms with Crippen LogP contribution in [0.2, 0.25) is 5.28 Å². The SMILES string of the molecule is FC(F)(F)c1cnc(Cl)nc1N1SC2CCc3cccc1c32. The molecule has 2 aromatic rings. The van der Waals surface area contributed by atoms with E-state index in [0.717, 1.165) is 30.3 Å². The van der Waals surface area contributed by atoms with Gasteiger partial charge in [0.05, 0.1) is 10.9 Å². The molecule has 1 aromatic heterocycles. The number of hydrogen-bond acceptors (Lipinski definition) is 4. The third-order valence-corrected chi connectivity index (χ3v) is 5.35. The van der Waals surface area contributed by atoms with Crippen molar-refractivity contribution < 1.29 is 13.2 Å². The molecule has 3 nitrogen and oxygen atoms in total. The number of aryl methyl sites for hydroxylation is 1. The molecule has 1 atom stereocenters. The van der Waals surface area contributed by atoms with Gasteiger partial charge in [-0.3, -0.25) is 4.31 Å². The van der Waals surface area contributed by atoms with Gasteiger partial charge in [0.15, 0.2) is 5.82 Å². The molecule has 0 radical (unpaired) electrons. The number of rotatable bonds is 1. The zero-order valence-corrected chi connectivity index (χ0v) is 12.6. The van der Waals surface area contributed by atoms with Crippen LogP contribution in [-0.2, 0) is 12.6 Å². The van der Waals surface area contributed by atoms with E-state index >= 15 is 0 Å². The second-order valence-corrected chi connectivity index (χ2v) is 6.63. The highest BCUT2D eigenvalue weighted by Gasteiger charge is 2.42. The van der Waals surface area contributed by atoms with Gasteiger partial charge in [0.2, 0.25) is 5.28 Å². The summed E-state index contributed by atoms with van der Waals surface area (Å²) in [5.74, 6) is -0.194. The third kappa shape index (κ3) is 2.06. The molecule has 1 aliphatic carbocycles. The highest BCUT2D eigenvalue weighted by Crippen LogP contribution is 2.58. The van der Waals surface area contributed by atoms with Crippen LogP contribution < -0.4 is 4.31 Å². The maximum atomic E-state index is 13.2. The molecule has 0 saturated heterocycles. The molecule has 0 N–H and O–H groups in total. The van der Waals surface area contributed by atoms with Crippen LogP contribution in [0.1, 0.15) is 28.4 Å². The highest BCUT2D eigenvalue weighted by atomic mass is 35.5. The Morgan fingerprint density at radius 1 is 1.32 bits per heavy atom. The quantitative estimate of drug-likeness (QED) is 0.542. The van der Waals surface area contributed by atoms with Crippen molar-refractivity contribution >= 4 is 35.1 Å². The first kappa shape index (κ1) is 14.1. The summed E-state index contributed by atoms with van der Waals surface area (Å²) in [6.45, 7) is 0. The molecule has 1 aliphatic heterocycles. The van der Waals surface area contributed by atoms with Crippen molar-refractivity contribution in [2.75, 3.05) is 4.31 Å². The van der Waals surface area contributed by atoms with Crippen molar-refractivity contribution in [3.05, 3.63) is 46.4 Å². The number of anilines is 2. The molecule has 114 valence electrons. The van der Waals surface area contributed by atoms with Crippen molar-refractivity contribution in [3.63, 3.8) is 0 Å². The molecule has 22 heavy (non-hydrogen) atoms. The molecular formula is C14H9ClF3N3S. The Bertz CT molecular complexity index is 765. The average molecular weight is 344 g/mol. The van der Waals surface area contributed by atoms with E-state index in [2.05, 4.69) is 9.97 Å². The van der Waals surface area contributed by atoms with Crippen LogP contribution in [0, 0.1) is 0 Å². The topological polar surface area (TPSA) is 29.0 Å². The normalized spacial score (nSPS) is 19.6. The maximum Gasteiger partial charge on any atom is 0.421 e. The lowest BCUT2D eigenvalue weighted by atomic mass is 10.1. The second-order valence-electron chi connectivity index (χ2n) is 5.15. The predicted molar refractivity (Wildman–Crippen MR) is 79.3 cm³/mol. The molecule has 4 rings (SSSR count). The first-order valence-electron chi connectivity index (χ1n) is 6.63. The van der Waals surface area contributed by atoms with Crippen LogP contribution in [-0.4, -0.2) is 9.97 Å². The Morgan fingerprint density at radius 3 is 2.91 bits per heavy atom. The van der Waals surface area contributed by atoms with E-state index < -0.39 is 11.7 Å². The first-order chi connectivity index (χ1) is 10.4. The third-order valence-electron chi connectivity index (χ3n) is 3.86. The largest absolute Gasteiger partial charge is 0.421 e. The second kappa shape index (κ2) is 4.76. The van der Waals surface area contributed by atoms with Crippen LogP contribution in [0.15, 0.2) is 24.4 Å². The summed E-state index contributed by atoms with van der Waals surface area (Å²) in [6.07, 6.45) is -1.90. The molecule has 2 aliphatic rings. The summed E-state index contributed by atoms with van der Waals surface area (Å²) in [6, 6.07) is 5.72. The average Bonchev–Trinajstić information content (AvgIpc) is 3.03. The highest BCUT2D eigenvalue weighted by molar-refractivity contribution is 8.01. The molecule has 0 amide bonds. The monoisotopic (exact) mass is 343 g/mol. The fraction of sp³-hybridized carbons (Fsp3) is 0.286. The van der Waals surface area contributed by atoms with E-state index in [9.17, 15) is 13.2 Å². The molecule has 1 aromatic carbocycles. The van der Waals surface area contributed by atoms with Gasteiger partial charge < -0.3 is 0 Å². The van der Waals surface area contributed by atoms with Crippen molar-refractivity contribution in [1.29, 1.82) is 0 Å². The minimum Gasteiger partial charge on any atom is -0.267 e. The van der Waals surface area contributed by atoms with Gasteiger partial charge >= 0.3 is 6.18 Å². The maximum absolute atomic E-state index is 13.2. The molecule has 0 saturated carbocycles. The molecule has 0 spiro atoms. The van der Waals surface area contributed by atoms with E-state index in [-0.39, 0.29) is 16.4 Å². The van der Waals surface area contributed by atoms with E-state index in [1.165, 1.54) is 17.5 Å². The van der Waals surface area contributed by atoms with E-state index in [4.69, 9.17) is 11.6 Å². The standard InChI is InChI=1S/C14H9ClF3N3S/c15-13-19-6-8(14(16,17)18)12(20-13)21-9-3-1-2-7-4-5-10(22-21)11(7)9/h1-3,6,10H,4-5H2. The molecule has 0 fully saturated rings. The number of nitrogens with zero attached hydrogens (tertiary/aromatic N) is 3. The minimum atomic E-state index is -4.53. The van der Waals surface area contributed by atoms with Crippen LogP contribution in [0.5, 0.6) is 0 Å². The first-order valence-corrected chi connectivity index (χ1v) is 7.85. The van der Waals surface area contributed by atoms with E-state index in [1.807, 2.05) is 18.2 Å². The Labute approximate surface area is 133 Å². The van der Waals surface area contributed by atoms with Gasteiger partial charge in [0.25, 0.3) is 0 Å². The number of halogens is 4. The smallest absolute Gasteiger partial charge is 0.267 e. The lowest BCUT2D eigenvalue weighted by Gasteiger charge is -2.22. The van der Waals surface area contributed by atoms with Crippen LogP contribution in [0.3, 0.4) is 0 Å². The minimum absolute atomic E-state index is 0.182. The fourth-order valence-electron chi connectivity index (χ4n) is 2.96. The Morgan fingerprint density at radius 2 is 2.14 bits per heavy atom. The predicted octanol–water partition coefficient (Wildman–Crippen LogP) is 4.94. The van der Waals surface area contributed by atoms with Crippen molar-refractivity contribution in [2.45, 2.75) is 24.3 Å². The van der Waals surface area contributed by atoms with Crippen LogP contribution >= 0.6 is 23.5 Å². The zero-order valence-electron chi connectivity index (χ0n) is 11.1. The van der Waals surface area contributed by atoms with Crippen LogP contribution in [0.25, 0.3) is 0 Å². The summed E-state index contributed by atoms with van der Waals surface area (Å²) in [7, 11) is 0. The molecule has 1 unspecified atom stereocenters. The molecule has 2 heterocycles. The van der Waals surface area contributed by atoms with Crippen LogP contribution in [0.4, 0.5) is 24.7 Å². The number of hydrogen-bond donors (Lipinski definition) is 0. The van der Waals surface area contributed by atoms with Crippen molar-refractivity contribution in [3.8, 4) is 0 Å². The molecular weight excluding hydrogens is 335 g/mol. The zero-order chi connectivity index (χ0) is 15.5. The Kier molecular flexibility index (Phi) is 3.06. The van der Waals surface area contributed by atoms with Gasteiger partial charge in [-0.25, -0.2) is 4.98 Å². The summed E-state index contributed by atoms with van der Waals surface area (Å²) in [5.41, 5.74) is 2.22. The molecule has 8 heteroatoms. The van der Waals surface area contributed by atoms with E-state index in [0.29, 0.717) is 0 Å². The van der Waals surface area contributed by atoms with Gasteiger partial charge in [0.1, 0.15) is 5.56 Å². The van der Waals surface area contributed by atoms with Crippen molar-refractivity contribution in [1.82, 2.24) is 9.97 Å². The van der Waals surface area contributed by atoms with Gasteiger partial charge in [-0.1, -0.05) is 12.1 Å². The summed E-state index contributed by atoms with van der Waals surface area (Å²) in [4.78, 5) is 7.33. The van der Waals surface area contributed by atoms with Gasteiger partial charge in [0, 0.05) is 6.20 Å². The summed E-state index contributed by atoms with van der Waals surface area (Å²) >= 11 is 7.10. The number of aromatic nitrogens is 2. The number of benzene rings is 1. The lowest BCUT2D eigenvalue weighted by Crippen LogP contribution is -2.16. The summed E-state index contributed by atoms with van der Waals surface area (Å²) < 4.78 is 41.3.